The first-order chi connectivity index (χ1) is 4.84. The molecule has 0 radical (unpaired) electrons. The zero-order valence-electron chi connectivity index (χ0n) is 6.09. The van der Waals surface area contributed by atoms with Crippen LogP contribution < -0.4 is 5.32 Å². The highest BCUT2D eigenvalue weighted by atomic mass is 16.6. The highest BCUT2D eigenvalue weighted by molar-refractivity contribution is 5.69. The molecule has 1 N–H and O–H groups in total. The minimum absolute atomic E-state index is 0.185. The van der Waals surface area contributed by atoms with Crippen LogP contribution in [0.1, 0.15) is 0 Å². The second-order valence-electron chi connectivity index (χ2n) is 2.20. The monoisotopic (exact) mass is 144 g/mol. The third kappa shape index (κ3) is 1.60. The molecule has 4 nitrogen and oxygen atoms in total. The molecule has 1 aliphatic rings. The molecule has 0 unspecified atom stereocenters. The maximum Gasteiger partial charge on any atom is 0.409 e. The van der Waals surface area contributed by atoms with Gasteiger partial charge in [-0.15, -0.1) is 0 Å². The van der Waals surface area contributed by atoms with E-state index >= 15 is 0 Å². The van der Waals surface area contributed by atoms with Gasteiger partial charge in [-0.25, -0.2) is 4.79 Å². The molecule has 58 valence electrons. The molecule has 0 atom stereocenters. The van der Waals surface area contributed by atoms with Crippen molar-refractivity contribution in [3.63, 3.8) is 0 Å². The van der Waals surface area contributed by atoms with Crippen LogP contribution in [0.5, 0.6) is 0 Å². The van der Waals surface area contributed by atoms with E-state index in [1.807, 2.05) is 7.05 Å². The van der Waals surface area contributed by atoms with Crippen molar-refractivity contribution in [2.45, 2.75) is 0 Å². The van der Waals surface area contributed by atoms with Gasteiger partial charge in [0.1, 0.15) is 6.61 Å². The maximum absolute atomic E-state index is 10.8. The number of carbonyl (C=O) groups excluding carboxylic acids is 1. The summed E-state index contributed by atoms with van der Waals surface area (Å²) in [5.41, 5.74) is 0. The number of hydrogen-bond donors (Lipinski definition) is 1. The molecule has 0 spiro atoms. The van der Waals surface area contributed by atoms with Gasteiger partial charge >= 0.3 is 6.09 Å². The highest BCUT2D eigenvalue weighted by Crippen LogP contribution is 2.00. The fourth-order valence-corrected chi connectivity index (χ4v) is 0.876. The summed E-state index contributed by atoms with van der Waals surface area (Å²) >= 11 is 0. The van der Waals surface area contributed by atoms with E-state index in [4.69, 9.17) is 4.74 Å². The Morgan fingerprint density at radius 1 is 1.80 bits per heavy atom. The Kier molecular flexibility index (Phi) is 2.50. The molecular weight excluding hydrogens is 132 g/mol. The second-order valence-corrected chi connectivity index (χ2v) is 2.20. The molecular formula is C6H12N2O2. The van der Waals surface area contributed by atoms with Crippen LogP contribution in [0.4, 0.5) is 4.79 Å². The lowest BCUT2D eigenvalue weighted by atomic mass is 10.5. The van der Waals surface area contributed by atoms with E-state index in [0.29, 0.717) is 6.61 Å². The van der Waals surface area contributed by atoms with Gasteiger partial charge in [-0.3, -0.25) is 0 Å². The number of rotatable bonds is 3. The minimum Gasteiger partial charge on any atom is -0.448 e. The minimum atomic E-state index is -0.185. The summed E-state index contributed by atoms with van der Waals surface area (Å²) in [4.78, 5) is 12.4. The highest BCUT2D eigenvalue weighted by Gasteiger charge is 2.20. The molecule has 1 fully saturated rings. The summed E-state index contributed by atoms with van der Waals surface area (Å²) in [5, 5.41) is 2.97. The van der Waals surface area contributed by atoms with Crippen LogP contribution in [-0.2, 0) is 4.74 Å². The Bertz CT molecular complexity index is 127. The average Bonchev–Trinajstić information content (AvgIpc) is 2.31. The summed E-state index contributed by atoms with van der Waals surface area (Å²) < 4.78 is 4.72. The quantitative estimate of drug-likeness (QED) is 0.589. The molecule has 4 heteroatoms. The van der Waals surface area contributed by atoms with Crippen LogP contribution in [0.15, 0.2) is 0 Å². The van der Waals surface area contributed by atoms with Crippen LogP contribution >= 0.6 is 0 Å². The molecule has 1 amide bonds. The third-order valence-corrected chi connectivity index (χ3v) is 1.48. The molecule has 0 saturated carbocycles. The SMILES string of the molecule is CNCCN1CCOC1=O. The predicted molar refractivity (Wildman–Crippen MR) is 36.8 cm³/mol. The number of likely N-dealkylation sites (N-methyl/N-ethyl adjacent to an activating group) is 1. The smallest absolute Gasteiger partial charge is 0.409 e. The van der Waals surface area contributed by atoms with Crippen molar-refractivity contribution in [1.82, 2.24) is 10.2 Å². The number of nitrogens with one attached hydrogen (secondary N) is 1. The van der Waals surface area contributed by atoms with Gasteiger partial charge in [0.25, 0.3) is 0 Å². The van der Waals surface area contributed by atoms with E-state index in [9.17, 15) is 4.79 Å². The van der Waals surface area contributed by atoms with Crippen molar-refractivity contribution >= 4 is 6.09 Å². The van der Waals surface area contributed by atoms with Gasteiger partial charge in [-0.05, 0) is 7.05 Å². The lowest BCUT2D eigenvalue weighted by Crippen LogP contribution is -2.31. The van der Waals surface area contributed by atoms with Gasteiger partial charge in [0.05, 0.1) is 6.54 Å². The summed E-state index contributed by atoms with van der Waals surface area (Å²) in [7, 11) is 1.86. The lowest BCUT2D eigenvalue weighted by Gasteiger charge is -2.10. The molecule has 0 aromatic heterocycles. The van der Waals surface area contributed by atoms with Gasteiger partial charge < -0.3 is 15.0 Å². The zero-order valence-corrected chi connectivity index (χ0v) is 6.09. The zero-order chi connectivity index (χ0) is 7.40. The second kappa shape index (κ2) is 3.41. The number of carbonyl (C=O) groups is 1. The summed E-state index contributed by atoms with van der Waals surface area (Å²) in [6.07, 6.45) is -0.185. The Morgan fingerprint density at radius 3 is 3.10 bits per heavy atom. The summed E-state index contributed by atoms with van der Waals surface area (Å²) in [6.45, 7) is 2.85. The molecule has 1 heterocycles. The largest absolute Gasteiger partial charge is 0.448 e. The van der Waals surface area contributed by atoms with Crippen molar-refractivity contribution < 1.29 is 9.53 Å². The van der Waals surface area contributed by atoms with Crippen LogP contribution in [-0.4, -0.2) is 44.3 Å². The van der Waals surface area contributed by atoms with Crippen molar-refractivity contribution in [2.24, 2.45) is 0 Å². The first-order valence-electron chi connectivity index (χ1n) is 3.41. The Morgan fingerprint density at radius 2 is 2.60 bits per heavy atom. The topological polar surface area (TPSA) is 41.6 Å². The molecule has 0 aromatic carbocycles. The van der Waals surface area contributed by atoms with Crippen molar-refractivity contribution in [1.29, 1.82) is 0 Å². The number of amides is 1. The fraction of sp³-hybridized carbons (Fsp3) is 0.833. The standard InChI is InChI=1S/C6H12N2O2/c1-7-2-3-8-4-5-10-6(8)9/h7H,2-5H2,1H3. The van der Waals surface area contributed by atoms with Crippen LogP contribution in [0.3, 0.4) is 0 Å². The van der Waals surface area contributed by atoms with Gasteiger partial charge in [0.2, 0.25) is 0 Å². The van der Waals surface area contributed by atoms with E-state index in [0.717, 1.165) is 19.6 Å². The van der Waals surface area contributed by atoms with Crippen molar-refractivity contribution in [3.8, 4) is 0 Å². The van der Waals surface area contributed by atoms with E-state index in [1.54, 1.807) is 4.90 Å². The fourth-order valence-electron chi connectivity index (χ4n) is 0.876. The van der Waals surface area contributed by atoms with Crippen molar-refractivity contribution in [2.75, 3.05) is 33.3 Å². The molecule has 0 bridgehead atoms. The van der Waals surface area contributed by atoms with E-state index in [1.165, 1.54) is 0 Å². The normalized spacial score (nSPS) is 17.7. The third-order valence-electron chi connectivity index (χ3n) is 1.48. The Labute approximate surface area is 60.1 Å². The van der Waals surface area contributed by atoms with Gasteiger partial charge in [-0.2, -0.15) is 0 Å². The molecule has 1 rings (SSSR count). The van der Waals surface area contributed by atoms with Gasteiger partial charge in [-0.1, -0.05) is 0 Å². The first kappa shape index (κ1) is 7.34. The van der Waals surface area contributed by atoms with Crippen LogP contribution in [0.25, 0.3) is 0 Å². The Hall–Kier alpha value is -0.770. The lowest BCUT2D eigenvalue weighted by molar-refractivity contribution is 0.158. The van der Waals surface area contributed by atoms with Crippen LogP contribution in [0, 0.1) is 0 Å². The van der Waals surface area contributed by atoms with E-state index in [-0.39, 0.29) is 6.09 Å². The first-order valence-corrected chi connectivity index (χ1v) is 3.41. The van der Waals surface area contributed by atoms with Crippen molar-refractivity contribution in [3.05, 3.63) is 0 Å². The molecule has 0 aliphatic carbocycles. The van der Waals surface area contributed by atoms with E-state index < -0.39 is 0 Å². The number of ether oxygens (including phenoxy) is 1. The molecule has 10 heavy (non-hydrogen) atoms. The summed E-state index contributed by atoms with van der Waals surface area (Å²) in [5.74, 6) is 0. The molecule has 1 aliphatic heterocycles. The number of nitrogens with zero attached hydrogens (tertiary/aromatic N) is 1. The number of cyclic esters (lactones) is 1. The molecule has 1 saturated heterocycles. The summed E-state index contributed by atoms with van der Waals surface area (Å²) in [6, 6.07) is 0. The van der Waals surface area contributed by atoms with E-state index in [2.05, 4.69) is 5.32 Å². The maximum atomic E-state index is 10.8. The predicted octanol–water partition coefficient (Wildman–Crippen LogP) is -0.342. The average molecular weight is 144 g/mol. The Balaban J connectivity index is 2.20. The van der Waals surface area contributed by atoms with Crippen LogP contribution in [0.2, 0.25) is 0 Å². The molecule has 0 aromatic rings. The number of hydrogen-bond acceptors (Lipinski definition) is 3. The van der Waals surface area contributed by atoms with Gasteiger partial charge in [0.15, 0.2) is 0 Å². The van der Waals surface area contributed by atoms with Gasteiger partial charge in [0, 0.05) is 13.1 Å².